The third-order valence-electron chi connectivity index (χ3n) is 4.42. The van der Waals surface area contributed by atoms with E-state index in [1.54, 1.807) is 0 Å². The molecule has 1 aromatic rings. The number of carbonyl (C=O) groups is 3. The van der Waals surface area contributed by atoms with Gasteiger partial charge in [0, 0.05) is 25.3 Å². The van der Waals surface area contributed by atoms with Gasteiger partial charge in [-0.1, -0.05) is 26.4 Å². The molecule has 18 heteroatoms. The number of alkyl halides is 3. The van der Waals surface area contributed by atoms with Gasteiger partial charge in [0.15, 0.2) is 0 Å². The minimum atomic E-state index is -9.86. The van der Waals surface area contributed by atoms with Crippen molar-refractivity contribution in [3.8, 4) is 0 Å². The summed E-state index contributed by atoms with van der Waals surface area (Å²) in [6.45, 7) is 2.42. The number of ether oxygens (including phenoxy) is 1. The van der Waals surface area contributed by atoms with Gasteiger partial charge < -0.3 is 20.5 Å². The third kappa shape index (κ3) is 8.48. The lowest BCUT2D eigenvalue weighted by molar-refractivity contribution is -0.192. The molecule has 1 fully saturated rings. The molecule has 2 rings (SSSR count). The smallest absolute Gasteiger partial charge is 0.475 e. The second-order valence-electron chi connectivity index (χ2n) is 7.20. The average molecular weight is 547 g/mol. The van der Waals surface area contributed by atoms with E-state index in [9.17, 15) is 42.2 Å². The van der Waals surface area contributed by atoms with Crippen molar-refractivity contribution >= 4 is 28.0 Å². The molecule has 1 aliphatic rings. The van der Waals surface area contributed by atoms with Gasteiger partial charge in [-0.25, -0.2) is 10.3 Å². The van der Waals surface area contributed by atoms with Gasteiger partial charge >= 0.3 is 22.4 Å². The predicted molar refractivity (Wildman–Crippen MR) is 105 cm³/mol. The topological polar surface area (TPSA) is 137 Å². The first-order chi connectivity index (χ1) is 15.7. The Morgan fingerprint density at radius 3 is 1.91 bits per heavy atom. The second kappa shape index (κ2) is 9.75. The maximum absolute atomic E-state index is 12.8. The Labute approximate surface area is 192 Å². The van der Waals surface area contributed by atoms with E-state index in [-0.39, 0.29) is 37.4 Å². The van der Waals surface area contributed by atoms with E-state index in [2.05, 4.69) is 10.6 Å². The first kappa shape index (κ1) is 30.3. The monoisotopic (exact) mass is 547 g/mol. The molecule has 202 valence electrons. The number of halogens is 8. The molecule has 1 heterocycles. The molecule has 0 spiro atoms. The Morgan fingerprint density at radius 1 is 1.11 bits per heavy atom. The average Bonchev–Trinajstić information content (AvgIpc) is 2.69. The summed E-state index contributed by atoms with van der Waals surface area (Å²) in [7, 11) is -9.86. The number of aliphatic carboxylic acids is 1. The van der Waals surface area contributed by atoms with Crippen molar-refractivity contribution in [3.05, 3.63) is 29.8 Å². The van der Waals surface area contributed by atoms with Crippen LogP contribution in [0.1, 0.15) is 23.7 Å². The van der Waals surface area contributed by atoms with Gasteiger partial charge in [0.25, 0.3) is 11.8 Å². The Bertz CT molecular complexity index is 937. The number of carboxylic acids is 1. The number of hydrogen-bond acceptors (Lipinski definition) is 6. The van der Waals surface area contributed by atoms with E-state index in [0.29, 0.717) is 18.6 Å². The van der Waals surface area contributed by atoms with Crippen LogP contribution in [0, 0.1) is 0 Å². The molecular weight excluding hydrogens is 526 g/mol. The molecule has 1 saturated heterocycles. The summed E-state index contributed by atoms with van der Waals surface area (Å²) in [5, 5.41) is 21.2. The summed E-state index contributed by atoms with van der Waals surface area (Å²) in [4.78, 5) is 31.1. The molecule has 1 aliphatic heterocycles. The normalized spacial score (nSPS) is 17.9. The molecule has 5 N–H and O–H groups in total. The summed E-state index contributed by atoms with van der Waals surface area (Å²) in [6.07, 6.45) is -4.47. The van der Waals surface area contributed by atoms with E-state index in [4.69, 9.17) is 19.8 Å². The molecule has 0 saturated carbocycles. The second-order valence-corrected chi connectivity index (χ2v) is 9.60. The fourth-order valence-corrected chi connectivity index (χ4v) is 3.30. The van der Waals surface area contributed by atoms with Crippen LogP contribution in [-0.4, -0.2) is 65.6 Å². The zero-order chi connectivity index (χ0) is 27.4. The lowest BCUT2D eigenvalue weighted by atomic mass is 9.86. The number of amides is 2. The van der Waals surface area contributed by atoms with Gasteiger partial charge in [-0.15, -0.1) is 0 Å². The Hall–Kier alpha value is -2.70. The first-order valence-corrected chi connectivity index (χ1v) is 11.4. The first-order valence-electron chi connectivity index (χ1n) is 9.40. The number of hydrogen-bond donors (Lipinski definition) is 5. The van der Waals surface area contributed by atoms with E-state index >= 15 is 0 Å². The Balaban J connectivity index is 0.000000762. The summed E-state index contributed by atoms with van der Waals surface area (Å²) >= 11 is 0. The summed E-state index contributed by atoms with van der Waals surface area (Å²) in [5.74, 6) is -4.74. The molecule has 1 atom stereocenters. The van der Waals surface area contributed by atoms with Gasteiger partial charge in [0.2, 0.25) is 0 Å². The highest BCUT2D eigenvalue weighted by atomic mass is 32.5. The van der Waals surface area contributed by atoms with Crippen molar-refractivity contribution in [3.63, 3.8) is 0 Å². The van der Waals surface area contributed by atoms with E-state index in [1.807, 2.05) is 6.92 Å². The van der Waals surface area contributed by atoms with Crippen LogP contribution < -0.4 is 16.1 Å². The highest BCUT2D eigenvalue weighted by molar-refractivity contribution is 8.45. The third-order valence-corrected chi connectivity index (χ3v) is 5.58. The Morgan fingerprint density at radius 2 is 1.60 bits per heavy atom. The van der Waals surface area contributed by atoms with Crippen LogP contribution in [0.5, 0.6) is 0 Å². The molecule has 0 bridgehead atoms. The quantitative estimate of drug-likeness (QED) is 0.191. The highest BCUT2D eigenvalue weighted by Gasteiger charge is 2.65. The molecule has 0 radical (unpaired) electrons. The summed E-state index contributed by atoms with van der Waals surface area (Å²) < 4.78 is 101. The highest BCUT2D eigenvalue weighted by Crippen LogP contribution is 3.02. The molecule has 1 unspecified atom stereocenters. The van der Waals surface area contributed by atoms with Gasteiger partial charge in [-0.2, -0.15) is 13.2 Å². The SMILES string of the molecule is CCCOC1(C(NC(=O)c2ccc(S(F)(F)(F)(F)F)cc2)C(=O)NO)CNC1.O=C(O)C(F)(F)F. The van der Waals surface area contributed by atoms with Crippen LogP contribution in [0.25, 0.3) is 0 Å². The van der Waals surface area contributed by atoms with Crippen LogP contribution in [0.3, 0.4) is 0 Å². The minimum Gasteiger partial charge on any atom is -0.475 e. The predicted octanol–water partition coefficient (Wildman–Crippen LogP) is 3.35. The number of hydroxylamine groups is 1. The van der Waals surface area contributed by atoms with Crippen molar-refractivity contribution < 1.29 is 62.0 Å². The van der Waals surface area contributed by atoms with Crippen LogP contribution in [0.4, 0.5) is 32.6 Å². The number of nitrogens with one attached hydrogen (secondary N) is 3. The van der Waals surface area contributed by atoms with Gasteiger partial charge in [-0.3, -0.25) is 14.8 Å². The Kier molecular flexibility index (Phi) is 8.45. The maximum atomic E-state index is 12.8. The van der Waals surface area contributed by atoms with Crippen LogP contribution >= 0.6 is 10.2 Å². The van der Waals surface area contributed by atoms with Crippen molar-refractivity contribution in [2.75, 3.05) is 19.7 Å². The fourth-order valence-electron chi connectivity index (χ4n) is 2.64. The zero-order valence-corrected chi connectivity index (χ0v) is 18.5. The van der Waals surface area contributed by atoms with Crippen LogP contribution in [0.15, 0.2) is 29.2 Å². The number of rotatable bonds is 8. The lowest BCUT2D eigenvalue weighted by Gasteiger charge is -2.46. The largest absolute Gasteiger partial charge is 0.490 e. The molecular formula is C17H21F8N3O6S. The van der Waals surface area contributed by atoms with Crippen molar-refractivity contribution in [2.45, 2.75) is 36.1 Å². The standard InChI is InChI=1S/C15H20F5N3O4S.C2HF3O2/c1-2-7-27-15(8-21-9-15)12(14(25)23-26)22-13(24)10-3-5-11(6-4-10)28(16,17,18,19)20;3-2(4,5)1(6)7/h3-6,12,21,26H,2,7-9H2,1H3,(H,22,24)(H,23,25);(H,6,7). The molecule has 35 heavy (non-hydrogen) atoms. The van der Waals surface area contributed by atoms with E-state index < -0.39 is 50.7 Å². The fraction of sp³-hybridized carbons (Fsp3) is 0.471. The maximum Gasteiger partial charge on any atom is 0.490 e. The van der Waals surface area contributed by atoms with Gasteiger partial charge in [0.1, 0.15) is 16.5 Å². The van der Waals surface area contributed by atoms with Gasteiger partial charge in [-0.05, 0) is 30.7 Å². The molecule has 1 aromatic carbocycles. The van der Waals surface area contributed by atoms with Crippen molar-refractivity contribution in [2.24, 2.45) is 0 Å². The van der Waals surface area contributed by atoms with Gasteiger partial charge in [0.05, 0.1) is 0 Å². The number of carbonyl (C=O) groups excluding carboxylic acids is 2. The van der Waals surface area contributed by atoms with Crippen LogP contribution in [-0.2, 0) is 14.3 Å². The summed E-state index contributed by atoms with van der Waals surface area (Å²) in [5.41, 5.74) is -0.134. The molecule has 9 nitrogen and oxygen atoms in total. The van der Waals surface area contributed by atoms with E-state index in [1.165, 1.54) is 5.48 Å². The summed E-state index contributed by atoms with van der Waals surface area (Å²) in [6, 6.07) is -0.00457. The zero-order valence-electron chi connectivity index (χ0n) is 17.7. The molecule has 2 amide bonds. The van der Waals surface area contributed by atoms with Crippen LogP contribution in [0.2, 0.25) is 0 Å². The molecule has 0 aliphatic carbocycles. The number of carboxylic acid groups (broad SMARTS) is 1. The number of benzene rings is 1. The van der Waals surface area contributed by atoms with Crippen molar-refractivity contribution in [1.29, 1.82) is 0 Å². The minimum absolute atomic E-state index is 0.103. The van der Waals surface area contributed by atoms with E-state index in [0.717, 1.165) is 0 Å². The van der Waals surface area contributed by atoms with Crippen molar-refractivity contribution in [1.82, 2.24) is 16.1 Å². The molecule has 0 aromatic heterocycles. The lowest BCUT2D eigenvalue weighted by Crippen LogP contribution is -2.74.